The quantitative estimate of drug-likeness (QED) is 0.150. The van der Waals surface area contributed by atoms with Gasteiger partial charge in [-0.25, -0.2) is 14.4 Å². The molecule has 0 spiro atoms. The van der Waals surface area contributed by atoms with Gasteiger partial charge in [-0.05, 0) is 98.5 Å². The summed E-state index contributed by atoms with van der Waals surface area (Å²) in [5, 5.41) is 0. The predicted octanol–water partition coefficient (Wildman–Crippen LogP) is 5.63. The lowest BCUT2D eigenvalue weighted by Gasteiger charge is -2.09. The number of unbranched alkanes of at least 4 members (excludes halogenated alkanes) is 1. The van der Waals surface area contributed by atoms with Crippen molar-refractivity contribution in [1.29, 1.82) is 0 Å². The smallest absolute Gasteiger partial charge is 0.343 e. The summed E-state index contributed by atoms with van der Waals surface area (Å²) in [5.74, 6) is -0.0768. The predicted molar refractivity (Wildman–Crippen MR) is 135 cm³/mol. The summed E-state index contributed by atoms with van der Waals surface area (Å²) >= 11 is 0. The molecule has 7 heteroatoms. The highest BCUT2D eigenvalue weighted by Crippen LogP contribution is 2.20. The van der Waals surface area contributed by atoms with E-state index in [1.54, 1.807) is 54.6 Å². The van der Waals surface area contributed by atoms with Gasteiger partial charge in [0.25, 0.3) is 0 Å². The minimum absolute atomic E-state index is 0.306. The summed E-state index contributed by atoms with van der Waals surface area (Å²) in [4.78, 5) is 35.8. The SMILES string of the molecule is C=CC(=O)OCCCCOc1ccc(C(=O)Oc2ccc(C(=O)Oc3ccc(C)c(C)c3)cc2)cc1. The van der Waals surface area contributed by atoms with E-state index in [0.717, 1.165) is 17.2 Å². The molecule has 3 aromatic rings. The number of carbonyl (C=O) groups is 3. The summed E-state index contributed by atoms with van der Waals surface area (Å²) in [5.41, 5.74) is 2.85. The van der Waals surface area contributed by atoms with Crippen LogP contribution in [0, 0.1) is 13.8 Å². The van der Waals surface area contributed by atoms with Crippen molar-refractivity contribution < 1.29 is 33.3 Å². The topological polar surface area (TPSA) is 88.1 Å². The third kappa shape index (κ3) is 7.84. The van der Waals surface area contributed by atoms with Crippen molar-refractivity contribution in [2.75, 3.05) is 13.2 Å². The van der Waals surface area contributed by atoms with Crippen molar-refractivity contribution >= 4 is 17.9 Å². The van der Waals surface area contributed by atoms with Gasteiger partial charge in [-0.15, -0.1) is 0 Å². The molecule has 3 aromatic carbocycles. The fourth-order valence-electron chi connectivity index (χ4n) is 3.08. The summed E-state index contributed by atoms with van der Waals surface area (Å²) in [6.07, 6.45) is 2.51. The van der Waals surface area contributed by atoms with Crippen molar-refractivity contribution in [3.8, 4) is 17.2 Å². The molecule has 0 N–H and O–H groups in total. The van der Waals surface area contributed by atoms with Crippen molar-refractivity contribution in [2.45, 2.75) is 26.7 Å². The number of hydrogen-bond acceptors (Lipinski definition) is 7. The van der Waals surface area contributed by atoms with Gasteiger partial charge in [0.15, 0.2) is 0 Å². The Morgan fingerprint density at radius 3 is 1.81 bits per heavy atom. The molecule has 0 fully saturated rings. The lowest BCUT2D eigenvalue weighted by Crippen LogP contribution is -2.10. The molecule has 36 heavy (non-hydrogen) atoms. The van der Waals surface area contributed by atoms with Crippen LogP contribution in [-0.2, 0) is 9.53 Å². The van der Waals surface area contributed by atoms with Gasteiger partial charge in [-0.3, -0.25) is 0 Å². The van der Waals surface area contributed by atoms with Crippen molar-refractivity contribution in [1.82, 2.24) is 0 Å². The molecule has 0 saturated carbocycles. The maximum Gasteiger partial charge on any atom is 0.343 e. The third-order valence-electron chi connectivity index (χ3n) is 5.30. The maximum absolute atomic E-state index is 12.5. The molecule has 7 nitrogen and oxygen atoms in total. The zero-order valence-electron chi connectivity index (χ0n) is 20.3. The first kappa shape index (κ1) is 26.2. The first-order chi connectivity index (χ1) is 17.4. The van der Waals surface area contributed by atoms with Crippen LogP contribution in [0.5, 0.6) is 17.2 Å². The van der Waals surface area contributed by atoms with Crippen LogP contribution in [0.4, 0.5) is 0 Å². The Kier molecular flexibility index (Phi) is 9.40. The van der Waals surface area contributed by atoms with E-state index >= 15 is 0 Å². The second-order valence-corrected chi connectivity index (χ2v) is 8.00. The minimum atomic E-state index is -0.531. The highest BCUT2D eigenvalue weighted by Gasteiger charge is 2.12. The normalized spacial score (nSPS) is 10.3. The zero-order valence-corrected chi connectivity index (χ0v) is 20.3. The molecule has 0 radical (unpaired) electrons. The van der Waals surface area contributed by atoms with Gasteiger partial charge in [0.2, 0.25) is 0 Å². The zero-order chi connectivity index (χ0) is 25.9. The van der Waals surface area contributed by atoms with Crippen LogP contribution < -0.4 is 14.2 Å². The maximum atomic E-state index is 12.5. The average Bonchev–Trinajstić information content (AvgIpc) is 2.88. The molecule has 0 heterocycles. The van der Waals surface area contributed by atoms with Crippen molar-refractivity contribution in [3.05, 3.63) is 102 Å². The number of ether oxygens (including phenoxy) is 4. The minimum Gasteiger partial charge on any atom is -0.494 e. The van der Waals surface area contributed by atoms with E-state index in [1.165, 1.54) is 0 Å². The molecular weight excluding hydrogens is 460 g/mol. The standard InChI is InChI=1S/C29H28O7/c1-4-27(30)34-18-6-5-17-33-24-13-8-22(9-14-24)28(31)35-25-15-10-23(11-16-25)29(32)36-26-12-7-20(2)21(3)19-26/h4,7-16,19H,1,5-6,17-18H2,2-3H3. The Bertz CT molecular complexity index is 1210. The molecule has 0 aromatic heterocycles. The molecule has 0 amide bonds. The largest absolute Gasteiger partial charge is 0.494 e. The Balaban J connectivity index is 1.45. The van der Waals surface area contributed by atoms with Gasteiger partial charge in [0, 0.05) is 6.08 Å². The number of benzene rings is 3. The Morgan fingerprint density at radius 1 is 0.694 bits per heavy atom. The van der Waals surface area contributed by atoms with E-state index in [1.807, 2.05) is 26.0 Å². The Labute approximate surface area is 210 Å². The van der Waals surface area contributed by atoms with Crippen molar-refractivity contribution in [2.24, 2.45) is 0 Å². The summed E-state index contributed by atoms with van der Waals surface area (Å²) < 4.78 is 21.3. The summed E-state index contributed by atoms with van der Waals surface area (Å²) in [6.45, 7) is 8.04. The summed E-state index contributed by atoms with van der Waals surface area (Å²) in [6, 6.07) is 18.2. The first-order valence-corrected chi connectivity index (χ1v) is 11.5. The van der Waals surface area contributed by atoms with Crippen LogP contribution in [0.3, 0.4) is 0 Å². The molecule has 0 aliphatic heterocycles. The van der Waals surface area contributed by atoms with Gasteiger partial charge in [-0.1, -0.05) is 12.6 Å². The summed E-state index contributed by atoms with van der Waals surface area (Å²) in [7, 11) is 0. The number of aryl methyl sites for hydroxylation is 2. The first-order valence-electron chi connectivity index (χ1n) is 11.5. The van der Waals surface area contributed by atoms with Gasteiger partial charge >= 0.3 is 17.9 Å². The van der Waals surface area contributed by atoms with Crippen LogP contribution in [0.15, 0.2) is 79.4 Å². The van der Waals surface area contributed by atoms with Gasteiger partial charge < -0.3 is 18.9 Å². The molecular formula is C29H28O7. The van der Waals surface area contributed by atoms with E-state index in [4.69, 9.17) is 18.9 Å². The van der Waals surface area contributed by atoms with E-state index in [2.05, 4.69) is 6.58 Å². The number of hydrogen-bond donors (Lipinski definition) is 0. The highest BCUT2D eigenvalue weighted by atomic mass is 16.5. The fraction of sp³-hybridized carbons (Fsp3) is 0.207. The van der Waals surface area contributed by atoms with E-state index in [9.17, 15) is 14.4 Å². The number of rotatable bonds is 11. The molecule has 0 unspecified atom stereocenters. The van der Waals surface area contributed by atoms with Crippen molar-refractivity contribution in [3.63, 3.8) is 0 Å². The van der Waals surface area contributed by atoms with Gasteiger partial charge in [-0.2, -0.15) is 0 Å². The van der Waals surface area contributed by atoms with Crippen LogP contribution in [0.1, 0.15) is 44.7 Å². The average molecular weight is 489 g/mol. The third-order valence-corrected chi connectivity index (χ3v) is 5.30. The molecule has 0 saturated heterocycles. The van der Waals surface area contributed by atoms with E-state index < -0.39 is 17.9 Å². The van der Waals surface area contributed by atoms with Crippen LogP contribution in [0.2, 0.25) is 0 Å². The molecule has 0 bridgehead atoms. The molecule has 0 atom stereocenters. The second kappa shape index (κ2) is 12.9. The number of esters is 3. The van der Waals surface area contributed by atoms with Gasteiger partial charge in [0.1, 0.15) is 17.2 Å². The molecule has 186 valence electrons. The molecule has 0 aliphatic carbocycles. The van der Waals surface area contributed by atoms with E-state index in [-0.39, 0.29) is 0 Å². The monoisotopic (exact) mass is 488 g/mol. The number of carbonyl (C=O) groups excluding carboxylic acids is 3. The van der Waals surface area contributed by atoms with Gasteiger partial charge in [0.05, 0.1) is 24.3 Å². The highest BCUT2D eigenvalue weighted by molar-refractivity contribution is 5.92. The fourth-order valence-corrected chi connectivity index (χ4v) is 3.08. The molecule has 0 aliphatic rings. The molecule has 3 rings (SSSR count). The Hall–Kier alpha value is -4.39. The van der Waals surface area contributed by atoms with E-state index in [0.29, 0.717) is 54.4 Å². The Morgan fingerprint density at radius 2 is 1.22 bits per heavy atom. The van der Waals surface area contributed by atoms with Crippen LogP contribution >= 0.6 is 0 Å². The lowest BCUT2D eigenvalue weighted by molar-refractivity contribution is -0.137. The van der Waals surface area contributed by atoms with Crippen LogP contribution in [-0.4, -0.2) is 31.1 Å². The lowest BCUT2D eigenvalue weighted by atomic mass is 10.1. The van der Waals surface area contributed by atoms with Crippen LogP contribution in [0.25, 0.3) is 0 Å². The second-order valence-electron chi connectivity index (χ2n) is 8.00.